The summed E-state index contributed by atoms with van der Waals surface area (Å²) in [7, 11) is 1.83. The van der Waals surface area contributed by atoms with Gasteiger partial charge in [-0.15, -0.1) is 0 Å². The Hall–Kier alpha value is -1.46. The van der Waals surface area contributed by atoms with Crippen molar-refractivity contribution in [2.24, 2.45) is 5.92 Å². The van der Waals surface area contributed by atoms with Crippen LogP contribution in [0, 0.1) is 5.92 Å². The van der Waals surface area contributed by atoms with Crippen LogP contribution in [0.25, 0.3) is 0 Å². The van der Waals surface area contributed by atoms with Crippen LogP contribution in [-0.2, 0) is 11.3 Å². The molecule has 0 bridgehead atoms. The summed E-state index contributed by atoms with van der Waals surface area (Å²) in [6.07, 6.45) is 0.856. The lowest BCUT2D eigenvalue weighted by Crippen LogP contribution is -2.31. The van der Waals surface area contributed by atoms with Gasteiger partial charge in [0.05, 0.1) is 0 Å². The maximum absolute atomic E-state index is 12.2. The molecule has 0 aliphatic heterocycles. The summed E-state index contributed by atoms with van der Waals surface area (Å²) in [6.45, 7) is 7.26. The molecule has 1 N–H and O–H groups in total. The third-order valence-electron chi connectivity index (χ3n) is 4.33. The highest BCUT2D eigenvalue weighted by molar-refractivity contribution is 8.03. The van der Waals surface area contributed by atoms with Gasteiger partial charge in [0.1, 0.15) is 0 Å². The number of hydrogen-bond donors (Lipinski definition) is 1. The fourth-order valence-electron chi connectivity index (χ4n) is 2.83. The Labute approximate surface area is 188 Å². The SMILES string of the molecule is CC(=O)N(C)/C(CNCc1ccccc1)=C(\CC(C)C)Sc1cc(Cl)cc(Cl)c1. The molecule has 0 radical (unpaired) electrons. The van der Waals surface area contributed by atoms with Crippen LogP contribution < -0.4 is 5.32 Å². The predicted octanol–water partition coefficient (Wildman–Crippen LogP) is 6.61. The number of carbonyl (C=O) groups is 1. The maximum atomic E-state index is 12.2. The lowest BCUT2D eigenvalue weighted by atomic mass is 10.1. The molecule has 0 aliphatic carbocycles. The van der Waals surface area contributed by atoms with Crippen molar-refractivity contribution in [2.45, 2.75) is 38.6 Å². The lowest BCUT2D eigenvalue weighted by molar-refractivity contribution is -0.125. The summed E-state index contributed by atoms with van der Waals surface area (Å²) in [5.74, 6) is 0.448. The van der Waals surface area contributed by atoms with E-state index in [4.69, 9.17) is 23.2 Å². The van der Waals surface area contributed by atoms with Crippen molar-refractivity contribution in [3.05, 3.63) is 74.7 Å². The van der Waals surface area contributed by atoms with E-state index in [2.05, 4.69) is 31.3 Å². The molecule has 0 saturated heterocycles. The van der Waals surface area contributed by atoms with Crippen LogP contribution in [0.2, 0.25) is 10.0 Å². The number of allylic oxidation sites excluding steroid dienone is 1. The fraction of sp³-hybridized carbons (Fsp3) is 0.348. The van der Waals surface area contributed by atoms with E-state index < -0.39 is 0 Å². The van der Waals surface area contributed by atoms with Crippen LogP contribution in [0.15, 0.2) is 64.0 Å². The van der Waals surface area contributed by atoms with Crippen LogP contribution in [0.5, 0.6) is 0 Å². The predicted molar refractivity (Wildman–Crippen MR) is 125 cm³/mol. The van der Waals surface area contributed by atoms with Gasteiger partial charge in [0.15, 0.2) is 0 Å². The number of amides is 1. The summed E-state index contributed by atoms with van der Waals surface area (Å²) in [5.41, 5.74) is 2.18. The molecule has 0 heterocycles. The number of nitrogens with one attached hydrogen (secondary N) is 1. The van der Waals surface area contributed by atoms with Crippen LogP contribution in [0.1, 0.15) is 32.8 Å². The van der Waals surface area contributed by atoms with Crippen molar-refractivity contribution in [3.8, 4) is 0 Å². The highest BCUT2D eigenvalue weighted by Crippen LogP contribution is 2.36. The minimum Gasteiger partial charge on any atom is -0.317 e. The second-order valence-corrected chi connectivity index (χ2v) is 9.38. The number of likely N-dealkylation sites (N-methyl/N-ethyl adjacent to an activating group) is 1. The van der Waals surface area contributed by atoms with Gasteiger partial charge in [-0.2, -0.15) is 0 Å². The standard InChI is InChI=1S/C23H28Cl2N2OS/c1-16(2)10-23(29-21-12-19(24)11-20(25)13-21)22(27(4)17(3)28)15-26-14-18-8-6-5-7-9-18/h5-9,11-13,16,26H,10,14-15H2,1-4H3/b23-22+. The highest BCUT2D eigenvalue weighted by atomic mass is 35.5. The molecular formula is C23H28Cl2N2OS. The summed E-state index contributed by atoms with van der Waals surface area (Å²) < 4.78 is 0. The molecule has 2 rings (SSSR count). The molecule has 1 amide bonds. The Balaban J connectivity index is 2.32. The zero-order valence-corrected chi connectivity index (χ0v) is 19.7. The Morgan fingerprint density at radius 3 is 2.28 bits per heavy atom. The normalized spacial score (nSPS) is 12.1. The van der Waals surface area contributed by atoms with E-state index >= 15 is 0 Å². The van der Waals surface area contributed by atoms with Crippen LogP contribution in [0.4, 0.5) is 0 Å². The fourth-order valence-corrected chi connectivity index (χ4v) is 4.89. The number of hydrogen-bond acceptors (Lipinski definition) is 3. The van der Waals surface area contributed by atoms with Crippen molar-refractivity contribution in [2.75, 3.05) is 13.6 Å². The van der Waals surface area contributed by atoms with Gasteiger partial charge in [0.2, 0.25) is 5.91 Å². The second kappa shape index (κ2) is 11.7. The molecule has 0 spiro atoms. The smallest absolute Gasteiger partial charge is 0.223 e. The van der Waals surface area contributed by atoms with Crippen molar-refractivity contribution in [1.29, 1.82) is 0 Å². The molecule has 2 aromatic rings. The van der Waals surface area contributed by atoms with Crippen molar-refractivity contribution in [1.82, 2.24) is 10.2 Å². The Morgan fingerprint density at radius 1 is 1.10 bits per heavy atom. The summed E-state index contributed by atoms with van der Waals surface area (Å²) >= 11 is 14.0. The largest absolute Gasteiger partial charge is 0.317 e. The number of carbonyl (C=O) groups excluding carboxylic acids is 1. The molecule has 0 atom stereocenters. The highest BCUT2D eigenvalue weighted by Gasteiger charge is 2.17. The third kappa shape index (κ3) is 8.06. The molecule has 0 fully saturated rings. The lowest BCUT2D eigenvalue weighted by Gasteiger charge is -2.25. The number of halogens is 2. The summed E-state index contributed by atoms with van der Waals surface area (Å²) in [4.78, 5) is 16.0. The number of nitrogens with zero attached hydrogens (tertiary/aromatic N) is 1. The second-order valence-electron chi connectivity index (χ2n) is 7.34. The van der Waals surface area contributed by atoms with Crippen LogP contribution >= 0.6 is 35.0 Å². The average Bonchev–Trinajstić information content (AvgIpc) is 2.64. The van der Waals surface area contributed by atoms with Gasteiger partial charge in [0.25, 0.3) is 0 Å². The molecular weight excluding hydrogens is 423 g/mol. The summed E-state index contributed by atoms with van der Waals surface area (Å²) in [5, 5.41) is 4.69. The van der Waals surface area contributed by atoms with Crippen molar-refractivity contribution in [3.63, 3.8) is 0 Å². The van der Waals surface area contributed by atoms with Gasteiger partial charge >= 0.3 is 0 Å². The van der Waals surface area contributed by atoms with Gasteiger partial charge in [-0.3, -0.25) is 4.79 Å². The maximum Gasteiger partial charge on any atom is 0.223 e. The number of rotatable bonds is 9. The molecule has 0 unspecified atom stereocenters. The Kier molecular flexibility index (Phi) is 9.57. The first-order valence-electron chi connectivity index (χ1n) is 9.61. The van der Waals surface area contributed by atoms with Gasteiger partial charge < -0.3 is 10.2 Å². The van der Waals surface area contributed by atoms with E-state index in [1.165, 1.54) is 5.56 Å². The van der Waals surface area contributed by atoms with Crippen LogP contribution in [-0.4, -0.2) is 24.4 Å². The topological polar surface area (TPSA) is 32.3 Å². The Morgan fingerprint density at radius 2 is 1.72 bits per heavy atom. The van der Waals surface area contributed by atoms with E-state index in [9.17, 15) is 4.79 Å². The Bertz CT molecular complexity index is 833. The number of benzene rings is 2. The molecule has 6 heteroatoms. The van der Waals surface area contributed by atoms with E-state index in [-0.39, 0.29) is 5.91 Å². The minimum absolute atomic E-state index is 0.00694. The molecule has 2 aromatic carbocycles. The zero-order chi connectivity index (χ0) is 21.4. The van der Waals surface area contributed by atoms with E-state index in [1.54, 1.807) is 29.7 Å². The van der Waals surface area contributed by atoms with Gasteiger partial charge in [-0.05, 0) is 36.1 Å². The van der Waals surface area contributed by atoms with E-state index in [0.717, 1.165) is 28.5 Å². The van der Waals surface area contributed by atoms with Crippen molar-refractivity contribution >= 4 is 40.9 Å². The molecule has 0 aliphatic rings. The number of thioether (sulfide) groups is 1. The molecule has 0 saturated carbocycles. The average molecular weight is 451 g/mol. The molecule has 0 aromatic heterocycles. The quantitative estimate of drug-likeness (QED) is 0.436. The van der Waals surface area contributed by atoms with Crippen molar-refractivity contribution < 1.29 is 4.79 Å². The zero-order valence-electron chi connectivity index (χ0n) is 17.3. The van der Waals surface area contributed by atoms with Gasteiger partial charge in [0, 0.05) is 52.6 Å². The van der Waals surface area contributed by atoms with Gasteiger partial charge in [-0.1, -0.05) is 79.1 Å². The van der Waals surface area contributed by atoms with Gasteiger partial charge in [-0.25, -0.2) is 0 Å². The minimum atomic E-state index is 0.00694. The summed E-state index contributed by atoms with van der Waals surface area (Å²) in [6, 6.07) is 15.8. The van der Waals surface area contributed by atoms with Crippen LogP contribution in [0.3, 0.4) is 0 Å². The third-order valence-corrected chi connectivity index (χ3v) is 5.89. The first-order chi connectivity index (χ1) is 13.8. The molecule has 29 heavy (non-hydrogen) atoms. The first kappa shape index (κ1) is 23.8. The molecule has 3 nitrogen and oxygen atoms in total. The van der Waals surface area contributed by atoms with E-state index in [0.29, 0.717) is 22.5 Å². The monoisotopic (exact) mass is 450 g/mol. The molecule has 156 valence electrons. The first-order valence-corrected chi connectivity index (χ1v) is 11.2. The van der Waals surface area contributed by atoms with E-state index in [1.807, 2.05) is 37.4 Å².